The summed E-state index contributed by atoms with van der Waals surface area (Å²) in [4.78, 5) is 29.4. The van der Waals surface area contributed by atoms with Gasteiger partial charge in [-0.2, -0.15) is 0 Å². The van der Waals surface area contributed by atoms with Gasteiger partial charge < -0.3 is 9.73 Å². The van der Waals surface area contributed by atoms with Crippen LogP contribution in [0.3, 0.4) is 0 Å². The summed E-state index contributed by atoms with van der Waals surface area (Å²) in [6, 6.07) is 14.7. The number of hydrogen-bond donors (Lipinski definition) is 1. The summed E-state index contributed by atoms with van der Waals surface area (Å²) in [5.74, 6) is 0.614. The monoisotopic (exact) mass is 404 g/mol. The van der Waals surface area contributed by atoms with Crippen LogP contribution in [0.15, 0.2) is 75.9 Å². The predicted octanol–water partition coefficient (Wildman–Crippen LogP) is 5.09. The van der Waals surface area contributed by atoms with Gasteiger partial charge in [0.15, 0.2) is 5.78 Å². The number of nitrogens with zero attached hydrogens (tertiary/aromatic N) is 1. The molecule has 6 heteroatoms. The Labute approximate surface area is 172 Å². The van der Waals surface area contributed by atoms with Crippen LogP contribution in [0, 0.1) is 0 Å². The summed E-state index contributed by atoms with van der Waals surface area (Å²) in [6.45, 7) is 0. The molecule has 1 amide bonds. The van der Waals surface area contributed by atoms with Gasteiger partial charge in [-0.05, 0) is 48.6 Å². The van der Waals surface area contributed by atoms with E-state index >= 15 is 0 Å². The highest BCUT2D eigenvalue weighted by Gasteiger charge is 2.40. The fourth-order valence-corrected chi connectivity index (χ4v) is 4.87. The van der Waals surface area contributed by atoms with Gasteiger partial charge in [0, 0.05) is 22.6 Å². The number of benzene rings is 1. The Balaban J connectivity index is 1.70. The molecule has 1 aliphatic heterocycles. The predicted molar refractivity (Wildman–Crippen MR) is 113 cm³/mol. The summed E-state index contributed by atoms with van der Waals surface area (Å²) in [7, 11) is 0. The first-order chi connectivity index (χ1) is 14.2. The summed E-state index contributed by atoms with van der Waals surface area (Å²) in [5.41, 5.74) is 3.13. The number of hydrogen-bond acceptors (Lipinski definition) is 5. The van der Waals surface area contributed by atoms with Crippen LogP contribution < -0.4 is 10.2 Å². The van der Waals surface area contributed by atoms with Crippen molar-refractivity contribution in [3.63, 3.8) is 0 Å². The van der Waals surface area contributed by atoms with E-state index in [1.807, 2.05) is 47.8 Å². The van der Waals surface area contributed by atoms with E-state index in [0.29, 0.717) is 17.8 Å². The van der Waals surface area contributed by atoms with Gasteiger partial charge in [0.2, 0.25) is 5.91 Å². The lowest BCUT2D eigenvalue weighted by atomic mass is 9.88. The van der Waals surface area contributed by atoms with Crippen molar-refractivity contribution in [3.05, 3.63) is 82.1 Å². The maximum atomic E-state index is 13.6. The number of amides is 1. The van der Waals surface area contributed by atoms with Crippen LogP contribution >= 0.6 is 11.3 Å². The fraction of sp³-hybridized carbons (Fsp3) is 0.217. The molecule has 0 spiro atoms. The van der Waals surface area contributed by atoms with Crippen molar-refractivity contribution in [3.8, 4) is 0 Å². The van der Waals surface area contributed by atoms with Crippen molar-refractivity contribution < 1.29 is 14.0 Å². The molecule has 5 nitrogen and oxygen atoms in total. The molecule has 1 aromatic carbocycles. The average molecular weight is 404 g/mol. The molecular weight excluding hydrogens is 384 g/mol. The largest absolute Gasteiger partial charge is 0.467 e. The van der Waals surface area contributed by atoms with Crippen LogP contribution in [0.5, 0.6) is 0 Å². The Morgan fingerprint density at radius 2 is 2.03 bits per heavy atom. The maximum Gasteiger partial charge on any atom is 0.233 e. The number of anilines is 2. The standard InChI is InChI=1S/C23H20N2O3S/c26-19-10-3-8-17-22(19)23(20-11-4-12-28-20)25(18-9-2-1-7-16(18)24-17)21(27)14-15-6-5-13-29-15/h1-2,4-7,9,11-13,23-24H,3,8,10,14H2/t23-/m0/s1. The molecule has 0 unspecified atom stereocenters. The van der Waals surface area contributed by atoms with E-state index in [2.05, 4.69) is 5.32 Å². The van der Waals surface area contributed by atoms with Crippen molar-refractivity contribution in [2.75, 3.05) is 10.2 Å². The second-order valence-corrected chi connectivity index (χ2v) is 8.28. The molecule has 2 aromatic heterocycles. The van der Waals surface area contributed by atoms with Crippen molar-refractivity contribution in [1.29, 1.82) is 0 Å². The van der Waals surface area contributed by atoms with Crippen molar-refractivity contribution in [1.82, 2.24) is 0 Å². The molecule has 0 saturated heterocycles. The van der Waals surface area contributed by atoms with Crippen molar-refractivity contribution in [2.45, 2.75) is 31.7 Å². The van der Waals surface area contributed by atoms with Gasteiger partial charge in [-0.15, -0.1) is 11.3 Å². The second kappa shape index (κ2) is 7.37. The number of ketones is 1. The topological polar surface area (TPSA) is 62.6 Å². The summed E-state index contributed by atoms with van der Waals surface area (Å²) in [5, 5.41) is 5.42. The zero-order chi connectivity index (χ0) is 19.8. The molecule has 3 aromatic rings. The highest BCUT2D eigenvalue weighted by atomic mass is 32.1. The van der Waals surface area contributed by atoms with Crippen LogP contribution in [0.1, 0.15) is 35.9 Å². The second-order valence-electron chi connectivity index (χ2n) is 7.25. The van der Waals surface area contributed by atoms with Crippen LogP contribution in [-0.4, -0.2) is 11.7 Å². The van der Waals surface area contributed by atoms with Gasteiger partial charge in [-0.3, -0.25) is 14.5 Å². The third-order valence-corrected chi connectivity index (χ3v) is 6.30. The Bertz CT molecular complexity index is 1080. The van der Waals surface area contributed by atoms with Gasteiger partial charge >= 0.3 is 0 Å². The molecule has 0 fully saturated rings. The fourth-order valence-electron chi connectivity index (χ4n) is 4.17. The minimum atomic E-state index is -0.573. The molecule has 0 radical (unpaired) electrons. The number of nitrogens with one attached hydrogen (secondary N) is 1. The van der Waals surface area contributed by atoms with Gasteiger partial charge in [-0.1, -0.05) is 18.2 Å². The molecular formula is C23H20N2O3S. The number of carbonyl (C=O) groups is 2. The van der Waals surface area contributed by atoms with E-state index in [1.54, 1.807) is 28.6 Å². The quantitative estimate of drug-likeness (QED) is 0.660. The van der Waals surface area contributed by atoms with Gasteiger partial charge in [0.25, 0.3) is 0 Å². The smallest absolute Gasteiger partial charge is 0.233 e. The zero-order valence-electron chi connectivity index (χ0n) is 15.8. The van der Waals surface area contributed by atoms with Gasteiger partial charge in [0.05, 0.1) is 24.1 Å². The van der Waals surface area contributed by atoms with E-state index in [-0.39, 0.29) is 18.1 Å². The third-order valence-electron chi connectivity index (χ3n) is 5.42. The number of allylic oxidation sites excluding steroid dienone is 1. The first-order valence-corrected chi connectivity index (χ1v) is 10.6. The van der Waals surface area contributed by atoms with Crippen molar-refractivity contribution >= 4 is 34.4 Å². The number of furan rings is 1. The first-order valence-electron chi connectivity index (χ1n) is 9.72. The Hall–Kier alpha value is -3.12. The number of rotatable bonds is 3. The molecule has 0 saturated carbocycles. The van der Waals surface area contributed by atoms with Crippen LogP contribution in [0.25, 0.3) is 0 Å². The van der Waals surface area contributed by atoms with Crippen LogP contribution in [0.4, 0.5) is 11.4 Å². The number of thiophene rings is 1. The lowest BCUT2D eigenvalue weighted by Crippen LogP contribution is -2.38. The molecule has 3 heterocycles. The molecule has 146 valence electrons. The van der Waals surface area contributed by atoms with Gasteiger partial charge in [-0.25, -0.2) is 0 Å². The molecule has 1 atom stereocenters. The molecule has 29 heavy (non-hydrogen) atoms. The summed E-state index contributed by atoms with van der Waals surface area (Å²) < 4.78 is 5.75. The highest BCUT2D eigenvalue weighted by molar-refractivity contribution is 7.10. The number of carbonyl (C=O) groups excluding carboxylic acids is 2. The minimum Gasteiger partial charge on any atom is -0.467 e. The van der Waals surface area contributed by atoms with E-state index in [1.165, 1.54) is 0 Å². The molecule has 1 N–H and O–H groups in total. The van der Waals surface area contributed by atoms with Gasteiger partial charge in [0.1, 0.15) is 11.8 Å². The molecule has 5 rings (SSSR count). The van der Waals surface area contributed by atoms with E-state index < -0.39 is 6.04 Å². The normalized spacial score (nSPS) is 18.7. The number of para-hydroxylation sites is 2. The highest BCUT2D eigenvalue weighted by Crippen LogP contribution is 2.45. The Morgan fingerprint density at radius 3 is 2.83 bits per heavy atom. The Kier molecular flexibility index (Phi) is 4.56. The minimum absolute atomic E-state index is 0.0600. The molecule has 1 aliphatic carbocycles. The van der Waals surface area contributed by atoms with Crippen LogP contribution in [-0.2, 0) is 16.0 Å². The maximum absolute atomic E-state index is 13.6. The molecule has 0 bridgehead atoms. The summed E-state index contributed by atoms with van der Waals surface area (Å²) >= 11 is 1.56. The average Bonchev–Trinajstić information content (AvgIpc) is 3.40. The lowest BCUT2D eigenvalue weighted by Gasteiger charge is -2.32. The SMILES string of the molecule is O=C1CCCC2=C1[C@H](c1ccco1)N(C(=O)Cc1cccs1)c1ccccc1N2. The van der Waals surface area contributed by atoms with E-state index in [9.17, 15) is 9.59 Å². The zero-order valence-corrected chi connectivity index (χ0v) is 16.6. The third kappa shape index (κ3) is 3.19. The van der Waals surface area contributed by atoms with Crippen LogP contribution in [0.2, 0.25) is 0 Å². The summed E-state index contributed by atoms with van der Waals surface area (Å²) in [6.07, 6.45) is 3.94. The van der Waals surface area contributed by atoms with E-state index in [4.69, 9.17) is 4.42 Å². The van der Waals surface area contributed by atoms with Crippen molar-refractivity contribution in [2.24, 2.45) is 0 Å². The Morgan fingerprint density at radius 1 is 1.14 bits per heavy atom. The first kappa shape index (κ1) is 17.9. The number of Topliss-reactive ketones (excluding diaryl/α,β-unsaturated/α-hetero) is 1. The number of fused-ring (bicyclic) bond motifs is 1. The lowest BCUT2D eigenvalue weighted by molar-refractivity contribution is -0.118. The van der Waals surface area contributed by atoms with E-state index in [0.717, 1.165) is 34.8 Å². The molecule has 2 aliphatic rings.